The molecule has 0 aliphatic heterocycles. The molecule has 3 aromatic heterocycles. The third kappa shape index (κ3) is 3.94. The van der Waals surface area contributed by atoms with Gasteiger partial charge < -0.3 is 23.4 Å². The van der Waals surface area contributed by atoms with Gasteiger partial charge in [-0.1, -0.05) is 5.16 Å². The zero-order valence-electron chi connectivity index (χ0n) is 15.5. The number of aromatic amines is 1. The van der Waals surface area contributed by atoms with Crippen molar-refractivity contribution in [3.8, 4) is 11.5 Å². The number of aryl methyl sites for hydroxylation is 1. The molecule has 0 saturated carbocycles. The second kappa shape index (κ2) is 7.53. The molecule has 8 nitrogen and oxygen atoms in total. The lowest BCUT2D eigenvalue weighted by molar-refractivity contribution is 0.0376. The third-order valence-electron chi connectivity index (χ3n) is 3.86. The lowest BCUT2D eigenvalue weighted by Gasteiger charge is -2.08. The van der Waals surface area contributed by atoms with Gasteiger partial charge in [0, 0.05) is 11.8 Å². The molecule has 0 atom stereocenters. The van der Waals surface area contributed by atoms with Crippen LogP contribution in [0.1, 0.15) is 51.6 Å². The fraction of sp³-hybridized carbons (Fsp3) is 0.316. The number of H-pyrrole nitrogens is 1. The lowest BCUT2D eigenvalue weighted by atomic mass is 10.1. The quantitative estimate of drug-likeness (QED) is 0.656. The van der Waals surface area contributed by atoms with Crippen molar-refractivity contribution in [2.45, 2.75) is 40.4 Å². The molecule has 0 aliphatic rings. The Kier molecular flexibility index (Phi) is 5.16. The minimum atomic E-state index is -0.596. The number of rotatable bonds is 6. The first kappa shape index (κ1) is 18.5. The van der Waals surface area contributed by atoms with E-state index in [4.69, 9.17) is 18.4 Å². The van der Waals surface area contributed by atoms with Crippen molar-refractivity contribution in [3.63, 3.8) is 0 Å². The highest BCUT2D eigenvalue weighted by atomic mass is 16.5. The number of aromatic nitrogens is 2. The molecular weight excluding hydrogens is 352 g/mol. The summed E-state index contributed by atoms with van der Waals surface area (Å²) < 4.78 is 20.9. The summed E-state index contributed by atoms with van der Waals surface area (Å²) in [7, 11) is 0. The smallest absolute Gasteiger partial charge is 0.355 e. The molecule has 8 heteroatoms. The van der Waals surface area contributed by atoms with E-state index in [1.165, 1.54) is 6.26 Å². The summed E-state index contributed by atoms with van der Waals surface area (Å²) in [5.41, 5.74) is 2.02. The van der Waals surface area contributed by atoms with Gasteiger partial charge >= 0.3 is 11.9 Å². The van der Waals surface area contributed by atoms with E-state index in [2.05, 4.69) is 10.1 Å². The highest BCUT2D eigenvalue weighted by Gasteiger charge is 2.24. The molecule has 0 saturated heterocycles. The Morgan fingerprint density at radius 1 is 1.22 bits per heavy atom. The Morgan fingerprint density at radius 3 is 2.67 bits per heavy atom. The van der Waals surface area contributed by atoms with Crippen molar-refractivity contribution in [1.82, 2.24) is 10.1 Å². The molecule has 0 aromatic carbocycles. The molecule has 0 fully saturated rings. The van der Waals surface area contributed by atoms with Gasteiger partial charge in [0.15, 0.2) is 5.76 Å². The van der Waals surface area contributed by atoms with Crippen LogP contribution in [0.3, 0.4) is 0 Å². The number of ether oxygens (including phenoxy) is 2. The highest BCUT2D eigenvalue weighted by Crippen LogP contribution is 2.22. The van der Waals surface area contributed by atoms with E-state index < -0.39 is 11.9 Å². The number of furan rings is 1. The number of carbonyl (C=O) groups excluding carboxylic acids is 2. The predicted octanol–water partition coefficient (Wildman–Crippen LogP) is 3.80. The van der Waals surface area contributed by atoms with Gasteiger partial charge in [-0.2, -0.15) is 0 Å². The zero-order chi connectivity index (χ0) is 19.6. The molecule has 142 valence electrons. The minimum absolute atomic E-state index is 0.0771. The van der Waals surface area contributed by atoms with Gasteiger partial charge in [0.2, 0.25) is 5.76 Å². The molecule has 0 spiro atoms. The average Bonchev–Trinajstić information content (AvgIpc) is 3.31. The lowest BCUT2D eigenvalue weighted by Crippen LogP contribution is -2.13. The summed E-state index contributed by atoms with van der Waals surface area (Å²) in [6.45, 7) is 6.82. The molecule has 0 unspecified atom stereocenters. The van der Waals surface area contributed by atoms with Crippen LogP contribution in [0.4, 0.5) is 0 Å². The first-order chi connectivity index (χ1) is 12.9. The number of hydrogen-bond donors (Lipinski definition) is 1. The van der Waals surface area contributed by atoms with Crippen molar-refractivity contribution >= 4 is 11.9 Å². The van der Waals surface area contributed by atoms with Crippen LogP contribution in [0.5, 0.6) is 0 Å². The van der Waals surface area contributed by atoms with Crippen molar-refractivity contribution in [1.29, 1.82) is 0 Å². The van der Waals surface area contributed by atoms with E-state index in [1.54, 1.807) is 45.9 Å². The third-order valence-corrected chi connectivity index (χ3v) is 3.86. The van der Waals surface area contributed by atoms with Crippen LogP contribution in [0, 0.1) is 13.8 Å². The standard InChI is InChI=1S/C19H20N2O6/c1-10(2)26-18(22)16-11(3)17(20-12(16)4)19(23)25-9-13-8-15(27-21-13)14-6-5-7-24-14/h5-8,10,20H,9H2,1-4H3. The summed E-state index contributed by atoms with van der Waals surface area (Å²) in [6.07, 6.45) is 1.27. The van der Waals surface area contributed by atoms with Crippen molar-refractivity contribution in [2.24, 2.45) is 0 Å². The average molecular weight is 372 g/mol. The molecular formula is C19H20N2O6. The van der Waals surface area contributed by atoms with Gasteiger partial charge in [-0.3, -0.25) is 0 Å². The monoisotopic (exact) mass is 372 g/mol. The molecule has 0 amide bonds. The first-order valence-corrected chi connectivity index (χ1v) is 8.43. The predicted molar refractivity (Wildman–Crippen MR) is 94.1 cm³/mol. The Labute approximate surface area is 155 Å². The van der Waals surface area contributed by atoms with Crippen LogP contribution in [0.25, 0.3) is 11.5 Å². The van der Waals surface area contributed by atoms with Crippen LogP contribution in [0.15, 0.2) is 33.4 Å². The number of hydrogen-bond acceptors (Lipinski definition) is 7. The maximum Gasteiger partial charge on any atom is 0.355 e. The summed E-state index contributed by atoms with van der Waals surface area (Å²) in [5.74, 6) is -0.0995. The van der Waals surface area contributed by atoms with E-state index in [9.17, 15) is 9.59 Å². The summed E-state index contributed by atoms with van der Waals surface area (Å²) in [6, 6.07) is 5.10. The normalized spacial score (nSPS) is 11.0. The summed E-state index contributed by atoms with van der Waals surface area (Å²) >= 11 is 0. The maximum absolute atomic E-state index is 12.4. The van der Waals surface area contributed by atoms with Crippen LogP contribution < -0.4 is 0 Å². The Bertz CT molecular complexity index is 949. The van der Waals surface area contributed by atoms with Gasteiger partial charge in [-0.05, 0) is 45.4 Å². The Morgan fingerprint density at radius 2 is 2.00 bits per heavy atom. The minimum Gasteiger partial charge on any atom is -0.461 e. The molecule has 3 rings (SSSR count). The zero-order valence-corrected chi connectivity index (χ0v) is 15.5. The molecule has 27 heavy (non-hydrogen) atoms. The van der Waals surface area contributed by atoms with Gasteiger partial charge in [0.05, 0.1) is 17.9 Å². The van der Waals surface area contributed by atoms with Crippen molar-refractivity contribution < 1.29 is 28.0 Å². The van der Waals surface area contributed by atoms with Crippen LogP contribution >= 0.6 is 0 Å². The van der Waals surface area contributed by atoms with E-state index in [1.807, 2.05) is 0 Å². The molecule has 1 N–H and O–H groups in total. The van der Waals surface area contributed by atoms with E-state index >= 15 is 0 Å². The second-order valence-electron chi connectivity index (χ2n) is 6.31. The number of nitrogens with zero attached hydrogens (tertiary/aromatic N) is 1. The topological polar surface area (TPSA) is 108 Å². The van der Waals surface area contributed by atoms with Crippen LogP contribution in [0.2, 0.25) is 0 Å². The van der Waals surface area contributed by atoms with Crippen LogP contribution in [-0.2, 0) is 16.1 Å². The maximum atomic E-state index is 12.4. The van der Waals surface area contributed by atoms with Crippen LogP contribution in [-0.4, -0.2) is 28.2 Å². The molecule has 3 heterocycles. The summed E-state index contributed by atoms with van der Waals surface area (Å²) in [5, 5.41) is 3.85. The fourth-order valence-corrected chi connectivity index (χ4v) is 2.66. The van der Waals surface area contributed by atoms with Gasteiger partial charge in [0.25, 0.3) is 0 Å². The molecule has 0 bridgehead atoms. The number of carbonyl (C=O) groups is 2. The molecule has 3 aromatic rings. The summed E-state index contributed by atoms with van der Waals surface area (Å²) in [4.78, 5) is 27.5. The second-order valence-corrected chi connectivity index (χ2v) is 6.31. The fourth-order valence-electron chi connectivity index (χ4n) is 2.66. The number of nitrogens with one attached hydrogen (secondary N) is 1. The molecule has 0 radical (unpaired) electrons. The van der Waals surface area contributed by atoms with E-state index in [-0.39, 0.29) is 18.4 Å². The first-order valence-electron chi connectivity index (χ1n) is 8.43. The van der Waals surface area contributed by atoms with Gasteiger partial charge in [-0.15, -0.1) is 0 Å². The van der Waals surface area contributed by atoms with Gasteiger partial charge in [-0.25, -0.2) is 9.59 Å². The highest BCUT2D eigenvalue weighted by molar-refractivity contribution is 5.98. The van der Waals surface area contributed by atoms with Crippen molar-refractivity contribution in [2.75, 3.05) is 0 Å². The SMILES string of the molecule is Cc1[nH]c(C(=O)OCc2cc(-c3ccco3)on2)c(C)c1C(=O)OC(C)C. The van der Waals surface area contributed by atoms with E-state index in [0.29, 0.717) is 34.0 Å². The van der Waals surface area contributed by atoms with Crippen molar-refractivity contribution in [3.05, 3.63) is 52.7 Å². The Balaban J connectivity index is 1.69. The largest absolute Gasteiger partial charge is 0.461 e. The van der Waals surface area contributed by atoms with Gasteiger partial charge in [0.1, 0.15) is 18.0 Å². The van der Waals surface area contributed by atoms with E-state index in [0.717, 1.165) is 0 Å². The Hall–Kier alpha value is -3.29. The molecule has 0 aliphatic carbocycles. The number of esters is 2.